The Hall–Kier alpha value is -1.89. The van der Waals surface area contributed by atoms with Crippen LogP contribution in [0.2, 0.25) is 0 Å². The summed E-state index contributed by atoms with van der Waals surface area (Å²) in [4.78, 5) is 2.46. The number of hydrogen-bond acceptors (Lipinski definition) is 4. The van der Waals surface area contributed by atoms with Crippen molar-refractivity contribution in [3.63, 3.8) is 0 Å². The second-order valence-corrected chi connectivity index (χ2v) is 8.40. The van der Waals surface area contributed by atoms with Gasteiger partial charge in [0.05, 0.1) is 5.69 Å². The number of hydrogen-bond donors (Lipinski definition) is 2. The van der Waals surface area contributed by atoms with E-state index in [2.05, 4.69) is 21.8 Å². The molecule has 0 radical (unpaired) electrons. The highest BCUT2D eigenvalue weighted by molar-refractivity contribution is 7.89. The van der Waals surface area contributed by atoms with Crippen molar-refractivity contribution < 1.29 is 8.42 Å². The van der Waals surface area contributed by atoms with Gasteiger partial charge in [0.2, 0.25) is 10.0 Å². The Morgan fingerprint density at radius 3 is 2.68 bits per heavy atom. The van der Waals surface area contributed by atoms with Gasteiger partial charge >= 0.3 is 0 Å². The first-order chi connectivity index (χ1) is 11.9. The summed E-state index contributed by atoms with van der Waals surface area (Å²) in [5.74, 6) is 0. The highest BCUT2D eigenvalue weighted by Crippen LogP contribution is 2.21. The minimum absolute atomic E-state index is 0.0943. The maximum atomic E-state index is 12.7. The number of benzene rings is 2. The van der Waals surface area contributed by atoms with E-state index in [1.54, 1.807) is 18.2 Å². The molecule has 6 heteroatoms. The van der Waals surface area contributed by atoms with Crippen molar-refractivity contribution in [2.75, 3.05) is 18.8 Å². The molecule has 0 spiro atoms. The predicted octanol–water partition coefficient (Wildman–Crippen LogP) is 2.52. The molecule has 1 atom stereocenters. The number of nitrogens with zero attached hydrogens (tertiary/aromatic N) is 1. The zero-order chi connectivity index (χ0) is 17.9. The number of likely N-dealkylation sites (tertiary alicyclic amines) is 1. The Labute approximate surface area is 149 Å². The van der Waals surface area contributed by atoms with Crippen molar-refractivity contribution in [2.45, 2.75) is 37.2 Å². The van der Waals surface area contributed by atoms with Gasteiger partial charge < -0.3 is 5.73 Å². The average Bonchev–Trinajstić information content (AvgIpc) is 2.55. The van der Waals surface area contributed by atoms with Gasteiger partial charge in [-0.3, -0.25) is 4.90 Å². The molecular formula is C19H25N3O2S. The third kappa shape index (κ3) is 4.60. The monoisotopic (exact) mass is 359 g/mol. The minimum atomic E-state index is -3.61. The number of aryl methyl sites for hydroxylation is 1. The van der Waals surface area contributed by atoms with Crippen LogP contribution < -0.4 is 10.5 Å². The molecule has 0 bridgehead atoms. The number of rotatable bonds is 5. The van der Waals surface area contributed by atoms with Crippen LogP contribution in [0.3, 0.4) is 0 Å². The Kier molecular flexibility index (Phi) is 5.42. The summed E-state index contributed by atoms with van der Waals surface area (Å²) >= 11 is 0. The van der Waals surface area contributed by atoms with Crippen molar-refractivity contribution in [3.05, 3.63) is 59.7 Å². The van der Waals surface area contributed by atoms with Crippen LogP contribution in [-0.2, 0) is 16.6 Å². The Balaban J connectivity index is 1.67. The van der Waals surface area contributed by atoms with Crippen molar-refractivity contribution in [1.82, 2.24) is 9.62 Å². The van der Waals surface area contributed by atoms with Crippen LogP contribution >= 0.6 is 0 Å². The van der Waals surface area contributed by atoms with E-state index in [-0.39, 0.29) is 10.9 Å². The van der Waals surface area contributed by atoms with E-state index < -0.39 is 10.0 Å². The van der Waals surface area contributed by atoms with Gasteiger partial charge in [-0.25, -0.2) is 13.1 Å². The second-order valence-electron chi connectivity index (χ2n) is 6.72. The molecule has 1 saturated heterocycles. The Morgan fingerprint density at radius 2 is 1.96 bits per heavy atom. The van der Waals surface area contributed by atoms with E-state index in [0.29, 0.717) is 12.2 Å². The largest absolute Gasteiger partial charge is 0.398 e. The number of piperidine rings is 1. The molecule has 0 aromatic heterocycles. The zero-order valence-corrected chi connectivity index (χ0v) is 15.3. The minimum Gasteiger partial charge on any atom is -0.398 e. The topological polar surface area (TPSA) is 75.4 Å². The number of nitrogens with two attached hydrogens (primary N) is 1. The Morgan fingerprint density at radius 1 is 1.20 bits per heavy atom. The molecular weight excluding hydrogens is 334 g/mol. The molecule has 1 unspecified atom stereocenters. The zero-order valence-electron chi connectivity index (χ0n) is 14.5. The first-order valence-corrected chi connectivity index (χ1v) is 10.1. The molecule has 3 N–H and O–H groups in total. The van der Waals surface area contributed by atoms with E-state index in [0.717, 1.165) is 31.5 Å². The lowest BCUT2D eigenvalue weighted by Gasteiger charge is -2.33. The summed E-state index contributed by atoms with van der Waals surface area (Å²) in [6.07, 6.45) is 1.82. The normalized spacial score (nSPS) is 19.0. The lowest BCUT2D eigenvalue weighted by molar-refractivity contribution is 0.194. The van der Waals surface area contributed by atoms with Gasteiger partial charge in [-0.15, -0.1) is 0 Å². The van der Waals surface area contributed by atoms with Crippen LogP contribution in [0, 0.1) is 6.92 Å². The van der Waals surface area contributed by atoms with Crippen LogP contribution in [0.15, 0.2) is 53.4 Å². The molecule has 1 aliphatic heterocycles. The quantitative estimate of drug-likeness (QED) is 0.805. The molecule has 0 aliphatic carbocycles. The third-order valence-electron chi connectivity index (χ3n) is 4.53. The summed E-state index contributed by atoms with van der Waals surface area (Å²) in [5, 5.41) is 0. The van der Waals surface area contributed by atoms with Gasteiger partial charge in [0.1, 0.15) is 4.90 Å². The number of anilines is 1. The third-order valence-corrected chi connectivity index (χ3v) is 6.13. The van der Waals surface area contributed by atoms with Crippen molar-refractivity contribution in [3.8, 4) is 0 Å². The summed E-state index contributed by atoms with van der Waals surface area (Å²) < 4.78 is 28.2. The number of nitrogen functional groups attached to an aromatic ring is 1. The molecule has 2 aromatic rings. The van der Waals surface area contributed by atoms with Gasteiger partial charge in [-0.05, 0) is 49.6 Å². The van der Waals surface area contributed by atoms with E-state index in [9.17, 15) is 8.42 Å². The maximum absolute atomic E-state index is 12.7. The number of nitrogens with one attached hydrogen (secondary N) is 1. The SMILES string of the molecule is Cc1ccc(S(=O)(=O)NC2CCCN(Cc3ccccc3)C2)c(N)c1. The lowest BCUT2D eigenvalue weighted by Crippen LogP contribution is -2.47. The van der Waals surface area contributed by atoms with E-state index in [1.807, 2.05) is 25.1 Å². The summed E-state index contributed by atoms with van der Waals surface area (Å²) in [5.41, 5.74) is 8.40. The Bertz CT molecular complexity index is 822. The van der Waals surface area contributed by atoms with Gasteiger partial charge in [0.25, 0.3) is 0 Å². The van der Waals surface area contributed by atoms with Crippen LogP contribution in [-0.4, -0.2) is 32.4 Å². The fourth-order valence-corrected chi connectivity index (χ4v) is 4.71. The van der Waals surface area contributed by atoms with Crippen LogP contribution in [0.5, 0.6) is 0 Å². The maximum Gasteiger partial charge on any atom is 0.242 e. The molecule has 25 heavy (non-hydrogen) atoms. The predicted molar refractivity (Wildman–Crippen MR) is 101 cm³/mol. The fourth-order valence-electron chi connectivity index (χ4n) is 3.33. The molecule has 1 aliphatic rings. The van der Waals surface area contributed by atoms with Gasteiger partial charge in [-0.1, -0.05) is 36.4 Å². The number of sulfonamides is 1. The van der Waals surface area contributed by atoms with E-state index in [4.69, 9.17) is 5.73 Å². The average molecular weight is 359 g/mol. The highest BCUT2D eigenvalue weighted by atomic mass is 32.2. The van der Waals surface area contributed by atoms with Gasteiger partial charge in [0.15, 0.2) is 0 Å². The smallest absolute Gasteiger partial charge is 0.242 e. The first-order valence-electron chi connectivity index (χ1n) is 8.59. The molecule has 1 heterocycles. The van der Waals surface area contributed by atoms with E-state index in [1.165, 1.54) is 5.56 Å². The molecule has 5 nitrogen and oxygen atoms in total. The molecule has 3 rings (SSSR count). The van der Waals surface area contributed by atoms with Crippen LogP contribution in [0.1, 0.15) is 24.0 Å². The van der Waals surface area contributed by atoms with E-state index >= 15 is 0 Å². The van der Waals surface area contributed by atoms with Crippen molar-refractivity contribution in [2.24, 2.45) is 0 Å². The second kappa shape index (κ2) is 7.56. The first kappa shape index (κ1) is 17.9. The fraction of sp³-hybridized carbons (Fsp3) is 0.368. The van der Waals surface area contributed by atoms with Crippen molar-refractivity contribution >= 4 is 15.7 Å². The summed E-state index contributed by atoms with van der Waals surface area (Å²) in [7, 11) is -3.61. The molecule has 134 valence electrons. The summed E-state index contributed by atoms with van der Waals surface area (Å²) in [6.45, 7) is 4.42. The van der Waals surface area contributed by atoms with Crippen LogP contribution in [0.4, 0.5) is 5.69 Å². The molecule has 0 saturated carbocycles. The molecule has 2 aromatic carbocycles. The standard InChI is InChI=1S/C19H25N3O2S/c1-15-9-10-19(18(20)12-15)25(23,24)21-17-8-5-11-22(14-17)13-16-6-3-2-4-7-16/h2-4,6-7,9-10,12,17,21H,5,8,11,13-14,20H2,1H3. The van der Waals surface area contributed by atoms with Gasteiger partial charge in [0, 0.05) is 19.1 Å². The van der Waals surface area contributed by atoms with Gasteiger partial charge in [-0.2, -0.15) is 0 Å². The highest BCUT2D eigenvalue weighted by Gasteiger charge is 2.26. The molecule has 0 amide bonds. The van der Waals surface area contributed by atoms with Crippen molar-refractivity contribution in [1.29, 1.82) is 0 Å². The van der Waals surface area contributed by atoms with Crippen LogP contribution in [0.25, 0.3) is 0 Å². The molecule has 1 fully saturated rings. The summed E-state index contributed by atoms with van der Waals surface area (Å²) in [6, 6.07) is 15.2. The lowest BCUT2D eigenvalue weighted by atomic mass is 10.1.